The molecule has 0 saturated carbocycles. The summed E-state index contributed by atoms with van der Waals surface area (Å²) in [5.74, 6) is -0.473. The molecule has 0 aliphatic carbocycles. The van der Waals surface area contributed by atoms with E-state index in [1.54, 1.807) is 24.1 Å². The van der Waals surface area contributed by atoms with Crippen LogP contribution in [0.4, 0.5) is 0 Å². The average molecular weight is 338 g/mol. The minimum Gasteiger partial charge on any atom is -0.378 e. The molecule has 2 fully saturated rings. The van der Waals surface area contributed by atoms with Crippen molar-refractivity contribution in [2.45, 2.75) is 24.8 Å². The molecule has 23 heavy (non-hydrogen) atoms. The van der Waals surface area contributed by atoms with Gasteiger partial charge in [-0.15, -0.1) is 0 Å². The fourth-order valence-electron chi connectivity index (χ4n) is 3.29. The molecule has 1 aromatic rings. The summed E-state index contributed by atoms with van der Waals surface area (Å²) in [5.41, 5.74) is 1.82. The van der Waals surface area contributed by atoms with Gasteiger partial charge in [-0.2, -0.15) is 4.31 Å². The lowest BCUT2D eigenvalue weighted by molar-refractivity contribution is -0.133. The molecule has 0 radical (unpaired) electrons. The minimum atomic E-state index is -3.62. The second-order valence-corrected chi connectivity index (χ2v) is 8.42. The monoisotopic (exact) mass is 338 g/mol. The molecule has 7 heteroatoms. The normalized spacial score (nSPS) is 26.2. The van der Waals surface area contributed by atoms with Crippen LogP contribution < -0.4 is 0 Å². The van der Waals surface area contributed by atoms with E-state index in [4.69, 9.17) is 4.74 Å². The van der Waals surface area contributed by atoms with E-state index in [0.29, 0.717) is 11.5 Å². The summed E-state index contributed by atoms with van der Waals surface area (Å²) in [6.45, 7) is 4.86. The largest absolute Gasteiger partial charge is 0.378 e. The maximum atomic E-state index is 13.0. The molecule has 2 aliphatic heterocycles. The molecule has 2 saturated heterocycles. The molecule has 0 aromatic heterocycles. The number of rotatable bonds is 2. The van der Waals surface area contributed by atoms with Crippen molar-refractivity contribution in [1.29, 1.82) is 0 Å². The maximum Gasteiger partial charge on any atom is 0.243 e. The zero-order valence-electron chi connectivity index (χ0n) is 13.7. The molecular formula is C16H22N2O4S. The molecule has 1 aromatic carbocycles. The molecule has 0 N–H and O–H groups in total. The first-order valence-corrected chi connectivity index (χ1v) is 9.16. The van der Waals surface area contributed by atoms with Gasteiger partial charge in [-0.3, -0.25) is 4.79 Å². The van der Waals surface area contributed by atoms with E-state index in [-0.39, 0.29) is 31.6 Å². The van der Waals surface area contributed by atoms with Crippen molar-refractivity contribution in [3.63, 3.8) is 0 Å². The van der Waals surface area contributed by atoms with Gasteiger partial charge in [-0.25, -0.2) is 8.42 Å². The highest BCUT2D eigenvalue weighted by Crippen LogP contribution is 2.26. The number of carbonyl (C=O) groups excluding carboxylic acids is 1. The summed E-state index contributed by atoms with van der Waals surface area (Å²) in [6.07, 6.45) is 0. The molecule has 2 atom stereocenters. The first kappa shape index (κ1) is 16.4. The lowest BCUT2D eigenvalue weighted by atomic mass is 10.1. The van der Waals surface area contributed by atoms with Crippen LogP contribution >= 0.6 is 0 Å². The van der Waals surface area contributed by atoms with E-state index in [1.807, 2.05) is 19.9 Å². The summed E-state index contributed by atoms with van der Waals surface area (Å²) >= 11 is 0. The van der Waals surface area contributed by atoms with Gasteiger partial charge in [0.15, 0.2) is 0 Å². The third-order valence-electron chi connectivity index (χ3n) is 4.55. The van der Waals surface area contributed by atoms with Crippen molar-refractivity contribution in [2.75, 3.05) is 33.4 Å². The summed E-state index contributed by atoms with van der Waals surface area (Å²) < 4.78 is 33.1. The van der Waals surface area contributed by atoms with E-state index < -0.39 is 15.9 Å². The Balaban J connectivity index is 1.98. The Kier molecular flexibility index (Phi) is 4.20. The standard InChI is InChI=1S/C16H22N2O4S/c1-11-4-12(2)6-15(5-11)23(20,21)18-7-13-9-22-10-14(8-18)17(3)16(13)19/h4-6,13-14H,7-10H2,1-3H3/t13-,14-/m0/s1. The molecule has 2 aliphatic rings. The Morgan fingerprint density at radius 2 is 1.74 bits per heavy atom. The number of nitrogens with zero attached hydrogens (tertiary/aromatic N) is 2. The van der Waals surface area contributed by atoms with Crippen LogP contribution in [0.3, 0.4) is 0 Å². The highest BCUT2D eigenvalue weighted by molar-refractivity contribution is 7.89. The molecule has 126 valence electrons. The van der Waals surface area contributed by atoms with Crippen LogP contribution in [-0.4, -0.2) is 62.9 Å². The van der Waals surface area contributed by atoms with Crippen LogP contribution in [-0.2, 0) is 19.6 Å². The second-order valence-electron chi connectivity index (χ2n) is 6.48. The number of fused-ring (bicyclic) bond motifs is 3. The Hall–Kier alpha value is -1.44. The van der Waals surface area contributed by atoms with Crippen LogP contribution in [0.25, 0.3) is 0 Å². The van der Waals surface area contributed by atoms with Crippen LogP contribution in [0.5, 0.6) is 0 Å². The van der Waals surface area contributed by atoms with E-state index in [1.165, 1.54) is 4.31 Å². The maximum absolute atomic E-state index is 13.0. The Labute approximate surface area is 137 Å². The zero-order valence-corrected chi connectivity index (χ0v) is 14.5. The van der Waals surface area contributed by atoms with Gasteiger partial charge in [0.1, 0.15) is 0 Å². The van der Waals surface area contributed by atoms with Crippen LogP contribution in [0, 0.1) is 19.8 Å². The number of carbonyl (C=O) groups is 1. The van der Waals surface area contributed by atoms with Gasteiger partial charge in [0.05, 0.1) is 30.1 Å². The quantitative estimate of drug-likeness (QED) is 0.799. The van der Waals surface area contributed by atoms with Gasteiger partial charge in [-0.1, -0.05) is 6.07 Å². The predicted octanol–water partition coefficient (Wildman–Crippen LogP) is 0.781. The lowest BCUT2D eigenvalue weighted by Gasteiger charge is -2.28. The predicted molar refractivity (Wildman–Crippen MR) is 85.5 cm³/mol. The molecule has 1 amide bonds. The van der Waals surface area contributed by atoms with Crippen LogP contribution in [0.2, 0.25) is 0 Å². The molecule has 0 unspecified atom stereocenters. The topological polar surface area (TPSA) is 66.9 Å². The van der Waals surface area contributed by atoms with Crippen molar-refractivity contribution < 1.29 is 17.9 Å². The van der Waals surface area contributed by atoms with Gasteiger partial charge in [0.25, 0.3) is 0 Å². The Bertz CT molecular complexity index is 711. The average Bonchev–Trinajstić information content (AvgIpc) is 2.63. The molecule has 3 rings (SSSR count). The molecule has 0 spiro atoms. The van der Waals surface area contributed by atoms with Gasteiger partial charge >= 0.3 is 0 Å². The van der Waals surface area contributed by atoms with E-state index in [9.17, 15) is 13.2 Å². The molecule has 6 nitrogen and oxygen atoms in total. The van der Waals surface area contributed by atoms with Gasteiger partial charge in [-0.05, 0) is 37.1 Å². The first-order valence-electron chi connectivity index (χ1n) is 7.72. The van der Waals surface area contributed by atoms with Crippen molar-refractivity contribution in [2.24, 2.45) is 5.92 Å². The van der Waals surface area contributed by atoms with E-state index in [0.717, 1.165) is 11.1 Å². The number of ether oxygens (including phenoxy) is 1. The number of aryl methyl sites for hydroxylation is 2. The number of likely N-dealkylation sites (N-methyl/N-ethyl adjacent to an activating group) is 1. The molecule has 2 heterocycles. The Morgan fingerprint density at radius 1 is 1.09 bits per heavy atom. The minimum absolute atomic E-state index is 0.0365. The summed E-state index contributed by atoms with van der Waals surface area (Å²) in [5, 5.41) is 0. The number of benzene rings is 1. The van der Waals surface area contributed by atoms with Crippen molar-refractivity contribution >= 4 is 15.9 Å². The van der Waals surface area contributed by atoms with E-state index >= 15 is 0 Å². The number of hydrogen-bond acceptors (Lipinski definition) is 4. The third-order valence-corrected chi connectivity index (χ3v) is 6.35. The number of sulfonamides is 1. The van der Waals surface area contributed by atoms with Crippen molar-refractivity contribution in [3.05, 3.63) is 29.3 Å². The number of amides is 1. The molecular weight excluding hydrogens is 316 g/mol. The molecule has 2 bridgehead atoms. The van der Waals surface area contributed by atoms with Gasteiger partial charge < -0.3 is 9.64 Å². The summed E-state index contributed by atoms with van der Waals surface area (Å²) in [7, 11) is -1.90. The van der Waals surface area contributed by atoms with Crippen molar-refractivity contribution in [1.82, 2.24) is 9.21 Å². The SMILES string of the molecule is Cc1cc(C)cc(S(=O)(=O)N2C[C@H]3COC[C@H](C2)N(C)C3=O)c1. The van der Waals surface area contributed by atoms with E-state index in [2.05, 4.69) is 0 Å². The first-order chi connectivity index (χ1) is 10.8. The zero-order chi connectivity index (χ0) is 16.8. The fraction of sp³-hybridized carbons (Fsp3) is 0.562. The second kappa shape index (κ2) is 5.89. The summed E-state index contributed by atoms with van der Waals surface area (Å²) in [4.78, 5) is 14.3. The van der Waals surface area contributed by atoms with Crippen LogP contribution in [0.1, 0.15) is 11.1 Å². The fourth-order valence-corrected chi connectivity index (χ4v) is 5.00. The summed E-state index contributed by atoms with van der Waals surface area (Å²) in [6, 6.07) is 5.08. The van der Waals surface area contributed by atoms with Crippen molar-refractivity contribution in [3.8, 4) is 0 Å². The van der Waals surface area contributed by atoms with Gasteiger partial charge in [0, 0.05) is 20.1 Å². The number of hydrogen-bond donors (Lipinski definition) is 0. The smallest absolute Gasteiger partial charge is 0.243 e. The van der Waals surface area contributed by atoms with Gasteiger partial charge in [0.2, 0.25) is 15.9 Å². The third kappa shape index (κ3) is 3.00. The lowest BCUT2D eigenvalue weighted by Crippen LogP contribution is -2.45. The highest BCUT2D eigenvalue weighted by atomic mass is 32.2. The highest BCUT2D eigenvalue weighted by Gasteiger charge is 2.41. The van der Waals surface area contributed by atoms with Crippen LogP contribution in [0.15, 0.2) is 23.1 Å². The Morgan fingerprint density at radius 3 is 2.39 bits per heavy atom.